The Morgan fingerprint density at radius 1 is 1.19 bits per heavy atom. The number of rotatable bonds is 3. The molecule has 82 valence electrons. The lowest BCUT2D eigenvalue weighted by Crippen LogP contribution is -1.95. The van der Waals surface area contributed by atoms with Crippen molar-refractivity contribution in [3.8, 4) is 0 Å². The molecule has 0 saturated carbocycles. The normalized spacial score (nSPS) is 10.4. The van der Waals surface area contributed by atoms with Gasteiger partial charge in [-0.1, -0.05) is 18.5 Å². The van der Waals surface area contributed by atoms with Crippen LogP contribution in [-0.4, -0.2) is 19.9 Å². The van der Waals surface area contributed by atoms with Gasteiger partial charge >= 0.3 is 0 Å². The van der Waals surface area contributed by atoms with Crippen molar-refractivity contribution in [3.05, 3.63) is 35.5 Å². The fraction of sp³-hybridized carbons (Fsp3) is 0.200. The van der Waals surface area contributed by atoms with Gasteiger partial charge in [-0.25, -0.2) is 19.9 Å². The molecule has 2 aromatic heterocycles. The van der Waals surface area contributed by atoms with Crippen LogP contribution >= 0.6 is 23.4 Å². The fourth-order valence-electron chi connectivity index (χ4n) is 1.19. The third kappa shape index (κ3) is 2.48. The molecule has 0 aliphatic heterocycles. The zero-order valence-corrected chi connectivity index (χ0v) is 10.2. The number of hydrogen-bond donors (Lipinski definition) is 0. The lowest BCUT2D eigenvalue weighted by molar-refractivity contribution is 0.922. The summed E-state index contributed by atoms with van der Waals surface area (Å²) in [6.07, 6.45) is 5.63. The molecule has 2 aromatic rings. The van der Waals surface area contributed by atoms with E-state index in [0.29, 0.717) is 10.3 Å². The van der Waals surface area contributed by atoms with Crippen molar-refractivity contribution in [1.82, 2.24) is 19.9 Å². The second-order valence-corrected chi connectivity index (χ2v) is 4.25. The SMILES string of the molecule is CCc1c(Cl)ncnc1Sc1ncccn1. The largest absolute Gasteiger partial charge is 0.231 e. The first-order valence-corrected chi connectivity index (χ1v) is 5.95. The lowest BCUT2D eigenvalue weighted by Gasteiger charge is -2.05. The molecular formula is C10H9ClN4S. The molecular weight excluding hydrogens is 244 g/mol. The topological polar surface area (TPSA) is 51.6 Å². The van der Waals surface area contributed by atoms with E-state index in [1.165, 1.54) is 18.1 Å². The third-order valence-electron chi connectivity index (χ3n) is 1.94. The van der Waals surface area contributed by atoms with Crippen LogP contribution in [0.3, 0.4) is 0 Å². The molecule has 2 heterocycles. The summed E-state index contributed by atoms with van der Waals surface area (Å²) in [6.45, 7) is 2.01. The second kappa shape index (κ2) is 5.23. The molecule has 0 bridgehead atoms. The highest BCUT2D eigenvalue weighted by Gasteiger charge is 2.10. The minimum absolute atomic E-state index is 0.496. The van der Waals surface area contributed by atoms with Gasteiger partial charge in [0.1, 0.15) is 16.5 Å². The van der Waals surface area contributed by atoms with E-state index in [2.05, 4.69) is 19.9 Å². The molecule has 0 N–H and O–H groups in total. The maximum atomic E-state index is 5.99. The van der Waals surface area contributed by atoms with Crippen LogP contribution in [0.5, 0.6) is 0 Å². The quantitative estimate of drug-likeness (QED) is 0.621. The molecule has 0 aliphatic carbocycles. The van der Waals surface area contributed by atoms with Gasteiger partial charge in [-0.2, -0.15) is 0 Å². The molecule has 6 heteroatoms. The van der Waals surface area contributed by atoms with E-state index in [-0.39, 0.29) is 0 Å². The molecule has 16 heavy (non-hydrogen) atoms. The maximum absolute atomic E-state index is 5.99. The highest BCUT2D eigenvalue weighted by Crippen LogP contribution is 2.28. The van der Waals surface area contributed by atoms with Crippen LogP contribution in [0.2, 0.25) is 5.15 Å². The number of aromatic nitrogens is 4. The smallest absolute Gasteiger partial charge is 0.193 e. The van der Waals surface area contributed by atoms with Crippen LogP contribution in [-0.2, 0) is 6.42 Å². The summed E-state index contributed by atoms with van der Waals surface area (Å²) in [5, 5.41) is 1.97. The Morgan fingerprint density at radius 3 is 2.62 bits per heavy atom. The average molecular weight is 253 g/mol. The van der Waals surface area contributed by atoms with Crippen molar-refractivity contribution in [1.29, 1.82) is 0 Å². The Kier molecular flexibility index (Phi) is 3.69. The van der Waals surface area contributed by atoms with Gasteiger partial charge in [0, 0.05) is 18.0 Å². The predicted molar refractivity (Wildman–Crippen MR) is 62.6 cm³/mol. The first-order chi connectivity index (χ1) is 7.81. The van der Waals surface area contributed by atoms with Crippen LogP contribution in [0, 0.1) is 0 Å². The number of halogens is 1. The first kappa shape index (κ1) is 11.3. The van der Waals surface area contributed by atoms with Gasteiger partial charge in [-0.3, -0.25) is 0 Å². The summed E-state index contributed by atoms with van der Waals surface area (Å²) in [5.74, 6) is 0. The van der Waals surface area contributed by atoms with Crippen molar-refractivity contribution in [2.24, 2.45) is 0 Å². The van der Waals surface area contributed by atoms with Gasteiger partial charge in [0.05, 0.1) is 0 Å². The van der Waals surface area contributed by atoms with Crippen LogP contribution < -0.4 is 0 Å². The number of hydrogen-bond acceptors (Lipinski definition) is 5. The molecule has 0 fully saturated rings. The number of nitrogens with zero attached hydrogens (tertiary/aromatic N) is 4. The highest BCUT2D eigenvalue weighted by atomic mass is 35.5. The Labute approximate surface area is 103 Å². The van der Waals surface area contributed by atoms with Crippen LogP contribution in [0.25, 0.3) is 0 Å². The summed E-state index contributed by atoms with van der Waals surface area (Å²) >= 11 is 7.39. The maximum Gasteiger partial charge on any atom is 0.193 e. The summed E-state index contributed by atoms with van der Waals surface area (Å²) in [7, 11) is 0. The highest BCUT2D eigenvalue weighted by molar-refractivity contribution is 7.99. The standard InChI is InChI=1S/C10H9ClN4S/c1-2-7-8(11)14-6-15-9(7)16-10-12-4-3-5-13-10/h3-6H,2H2,1H3. The lowest BCUT2D eigenvalue weighted by atomic mass is 10.3. The molecule has 0 atom stereocenters. The summed E-state index contributed by atoms with van der Waals surface area (Å²) in [6, 6.07) is 1.78. The minimum atomic E-state index is 0.496. The van der Waals surface area contributed by atoms with Gasteiger partial charge in [-0.15, -0.1) is 0 Å². The predicted octanol–water partition coefficient (Wildman–Crippen LogP) is 2.63. The van der Waals surface area contributed by atoms with E-state index >= 15 is 0 Å². The third-order valence-corrected chi connectivity index (χ3v) is 3.20. The van der Waals surface area contributed by atoms with E-state index in [1.54, 1.807) is 18.5 Å². The van der Waals surface area contributed by atoms with Crippen molar-refractivity contribution in [2.75, 3.05) is 0 Å². The van der Waals surface area contributed by atoms with Gasteiger partial charge in [0.25, 0.3) is 0 Å². The van der Waals surface area contributed by atoms with Crippen LogP contribution in [0.4, 0.5) is 0 Å². The molecule has 2 rings (SSSR count). The molecule has 0 spiro atoms. The summed E-state index contributed by atoms with van der Waals surface area (Å²) in [5.41, 5.74) is 0.932. The van der Waals surface area contributed by atoms with Crippen molar-refractivity contribution in [2.45, 2.75) is 23.5 Å². The van der Waals surface area contributed by atoms with Crippen LogP contribution in [0.1, 0.15) is 12.5 Å². The van der Waals surface area contributed by atoms with Crippen molar-refractivity contribution >= 4 is 23.4 Å². The van der Waals surface area contributed by atoms with Gasteiger partial charge in [-0.05, 0) is 24.2 Å². The zero-order valence-electron chi connectivity index (χ0n) is 8.59. The van der Waals surface area contributed by atoms with Crippen molar-refractivity contribution < 1.29 is 0 Å². The monoisotopic (exact) mass is 252 g/mol. The minimum Gasteiger partial charge on any atom is -0.231 e. The Hall–Kier alpha value is -1.20. The summed E-state index contributed by atoms with van der Waals surface area (Å²) < 4.78 is 0. The Bertz CT molecular complexity index is 478. The van der Waals surface area contributed by atoms with E-state index in [0.717, 1.165) is 17.0 Å². The summed E-state index contributed by atoms with van der Waals surface area (Å²) in [4.78, 5) is 16.4. The van der Waals surface area contributed by atoms with E-state index in [4.69, 9.17) is 11.6 Å². The molecule has 4 nitrogen and oxygen atoms in total. The average Bonchev–Trinajstić information content (AvgIpc) is 2.31. The zero-order chi connectivity index (χ0) is 11.4. The van der Waals surface area contributed by atoms with Gasteiger partial charge < -0.3 is 0 Å². The second-order valence-electron chi connectivity index (χ2n) is 2.94. The van der Waals surface area contributed by atoms with E-state index in [1.807, 2.05) is 6.92 Å². The molecule has 0 aromatic carbocycles. The van der Waals surface area contributed by atoms with Crippen LogP contribution in [0.15, 0.2) is 35.0 Å². The molecule has 0 amide bonds. The van der Waals surface area contributed by atoms with Crippen molar-refractivity contribution in [3.63, 3.8) is 0 Å². The van der Waals surface area contributed by atoms with E-state index in [9.17, 15) is 0 Å². The van der Waals surface area contributed by atoms with E-state index < -0.39 is 0 Å². The fourth-order valence-corrected chi connectivity index (χ4v) is 2.37. The molecule has 0 aliphatic rings. The molecule has 0 saturated heterocycles. The molecule has 0 radical (unpaired) electrons. The molecule has 0 unspecified atom stereocenters. The van der Waals surface area contributed by atoms with Gasteiger partial charge in [0.15, 0.2) is 5.16 Å². The van der Waals surface area contributed by atoms with Gasteiger partial charge in [0.2, 0.25) is 0 Å². The first-order valence-electron chi connectivity index (χ1n) is 4.75. The Morgan fingerprint density at radius 2 is 1.94 bits per heavy atom. The Balaban J connectivity index is 2.31.